The van der Waals surface area contributed by atoms with Crippen LogP contribution in [0.5, 0.6) is 0 Å². The fourth-order valence-corrected chi connectivity index (χ4v) is 3.49. The topological polar surface area (TPSA) is 92.6 Å². The van der Waals surface area contributed by atoms with Crippen molar-refractivity contribution in [3.63, 3.8) is 0 Å². The van der Waals surface area contributed by atoms with Gasteiger partial charge in [-0.05, 0) is 12.0 Å². The quantitative estimate of drug-likeness (QED) is 0.555. The molecule has 8 nitrogen and oxygen atoms in total. The summed E-state index contributed by atoms with van der Waals surface area (Å²) in [4.78, 5) is 24.2. The van der Waals surface area contributed by atoms with Crippen LogP contribution >= 0.6 is 11.8 Å². The first-order valence-corrected chi connectivity index (χ1v) is 9.38. The van der Waals surface area contributed by atoms with Crippen LogP contribution in [0, 0.1) is 0 Å². The van der Waals surface area contributed by atoms with Crippen LogP contribution in [0.1, 0.15) is 18.4 Å². The number of rotatable bonds is 8. The first-order valence-electron chi connectivity index (χ1n) is 8.39. The number of aromatic amines is 1. The van der Waals surface area contributed by atoms with Crippen molar-refractivity contribution in [1.29, 1.82) is 0 Å². The van der Waals surface area contributed by atoms with Crippen LogP contribution in [-0.4, -0.2) is 57.4 Å². The molecule has 1 aromatic carbocycles. The number of hydrogen-bond donors (Lipinski definition) is 1. The maximum atomic E-state index is 12.4. The number of nitrogens with zero attached hydrogens (tertiary/aromatic N) is 4. The number of benzene rings is 1. The minimum Gasteiger partial charge on any atom is -0.385 e. The predicted molar refractivity (Wildman–Crippen MR) is 99.4 cm³/mol. The van der Waals surface area contributed by atoms with E-state index in [9.17, 15) is 9.59 Å². The number of hydrogen-bond acceptors (Lipinski definition) is 6. The van der Waals surface area contributed by atoms with Gasteiger partial charge in [-0.2, -0.15) is 5.10 Å². The van der Waals surface area contributed by atoms with Crippen LogP contribution in [0.3, 0.4) is 0 Å². The Hall–Kier alpha value is -2.39. The number of nitrogens with one attached hydrogen (secondary N) is 1. The molecule has 0 bridgehead atoms. The molecule has 0 spiro atoms. The van der Waals surface area contributed by atoms with E-state index in [1.165, 1.54) is 21.3 Å². The van der Waals surface area contributed by atoms with Gasteiger partial charge in [0.25, 0.3) is 5.91 Å². The zero-order valence-corrected chi connectivity index (χ0v) is 15.4. The van der Waals surface area contributed by atoms with Gasteiger partial charge in [-0.15, -0.1) is 5.10 Å². The van der Waals surface area contributed by atoms with Gasteiger partial charge in [0.1, 0.15) is 0 Å². The number of carbonyl (C=O) groups is 1. The normalized spacial score (nSPS) is 13.9. The van der Waals surface area contributed by atoms with Crippen LogP contribution in [0.2, 0.25) is 0 Å². The van der Waals surface area contributed by atoms with Crippen molar-refractivity contribution in [2.24, 2.45) is 5.10 Å². The molecule has 9 heteroatoms. The van der Waals surface area contributed by atoms with E-state index < -0.39 is 0 Å². The Morgan fingerprint density at radius 2 is 2.15 bits per heavy atom. The second-order valence-electron chi connectivity index (χ2n) is 5.78. The van der Waals surface area contributed by atoms with E-state index in [0.29, 0.717) is 31.3 Å². The number of hydrazone groups is 1. The van der Waals surface area contributed by atoms with Gasteiger partial charge in [0.05, 0.1) is 18.0 Å². The molecule has 2 aromatic rings. The summed E-state index contributed by atoms with van der Waals surface area (Å²) in [5.41, 5.74) is 1.68. The van der Waals surface area contributed by atoms with E-state index in [0.717, 1.165) is 17.7 Å². The monoisotopic (exact) mass is 375 g/mol. The first kappa shape index (κ1) is 18.4. The lowest BCUT2D eigenvalue weighted by atomic mass is 10.1. The SMILES string of the molecule is COCCCn1c(SCC(=O)N2CCC(c3ccccc3)=N2)n[nH]c1=O. The minimum absolute atomic E-state index is 0.0974. The van der Waals surface area contributed by atoms with E-state index in [-0.39, 0.29) is 17.3 Å². The van der Waals surface area contributed by atoms with Crippen molar-refractivity contribution in [3.05, 3.63) is 46.4 Å². The maximum Gasteiger partial charge on any atom is 0.343 e. The van der Waals surface area contributed by atoms with Gasteiger partial charge >= 0.3 is 5.69 Å². The molecule has 1 aromatic heterocycles. The molecular weight excluding hydrogens is 354 g/mol. The van der Waals surface area contributed by atoms with Gasteiger partial charge in [0.2, 0.25) is 0 Å². The standard InChI is InChI=1S/C17H21N5O3S/c1-25-11-5-9-21-16(24)18-19-17(21)26-12-15(23)22-10-8-14(20-22)13-6-3-2-4-7-13/h2-4,6-7H,5,8-12H2,1H3,(H,18,24). The van der Waals surface area contributed by atoms with Crippen LogP contribution < -0.4 is 5.69 Å². The Morgan fingerprint density at radius 3 is 2.92 bits per heavy atom. The summed E-state index contributed by atoms with van der Waals surface area (Å²) in [5, 5.41) is 12.9. The minimum atomic E-state index is -0.276. The fourth-order valence-electron chi connectivity index (χ4n) is 2.65. The molecule has 1 amide bonds. The average Bonchev–Trinajstić information content (AvgIpc) is 3.29. The number of amides is 1. The van der Waals surface area contributed by atoms with Crippen molar-refractivity contribution in [1.82, 2.24) is 19.8 Å². The second-order valence-corrected chi connectivity index (χ2v) is 6.72. The molecule has 0 atom stereocenters. The highest BCUT2D eigenvalue weighted by molar-refractivity contribution is 7.99. The molecule has 0 saturated heterocycles. The summed E-state index contributed by atoms with van der Waals surface area (Å²) in [6, 6.07) is 9.85. The van der Waals surface area contributed by atoms with Crippen LogP contribution in [0.25, 0.3) is 0 Å². The molecule has 0 aliphatic carbocycles. The van der Waals surface area contributed by atoms with Crippen molar-refractivity contribution in [2.75, 3.05) is 26.0 Å². The molecule has 138 valence electrons. The van der Waals surface area contributed by atoms with Crippen LogP contribution in [0.15, 0.2) is 45.4 Å². The number of methoxy groups -OCH3 is 1. The summed E-state index contributed by atoms with van der Waals surface area (Å²) >= 11 is 1.24. The Kier molecular flexibility index (Phi) is 6.24. The molecule has 3 rings (SSSR count). The summed E-state index contributed by atoms with van der Waals surface area (Å²) < 4.78 is 6.53. The molecule has 1 N–H and O–H groups in total. The van der Waals surface area contributed by atoms with Crippen LogP contribution in [0.4, 0.5) is 0 Å². The number of aromatic nitrogens is 3. The van der Waals surface area contributed by atoms with E-state index in [2.05, 4.69) is 15.3 Å². The Labute approximate surface area is 155 Å². The van der Waals surface area contributed by atoms with Gasteiger partial charge in [0.15, 0.2) is 5.16 Å². The molecule has 0 radical (unpaired) electrons. The maximum absolute atomic E-state index is 12.4. The van der Waals surface area contributed by atoms with Gasteiger partial charge < -0.3 is 4.74 Å². The third-order valence-corrected chi connectivity index (χ3v) is 4.94. The lowest BCUT2D eigenvalue weighted by Gasteiger charge is -2.11. The highest BCUT2D eigenvalue weighted by atomic mass is 32.2. The van der Waals surface area contributed by atoms with E-state index in [1.54, 1.807) is 7.11 Å². The van der Waals surface area contributed by atoms with Crippen molar-refractivity contribution in [2.45, 2.75) is 24.5 Å². The molecule has 2 heterocycles. The Bertz CT molecular complexity index is 830. The zero-order chi connectivity index (χ0) is 18.4. The fraction of sp³-hybridized carbons (Fsp3) is 0.412. The summed E-state index contributed by atoms with van der Waals surface area (Å²) in [6.07, 6.45) is 1.44. The number of carbonyl (C=O) groups excluding carboxylic acids is 1. The predicted octanol–water partition coefficient (Wildman–Crippen LogP) is 1.34. The van der Waals surface area contributed by atoms with Crippen molar-refractivity contribution >= 4 is 23.4 Å². The summed E-state index contributed by atoms with van der Waals surface area (Å²) in [7, 11) is 1.62. The first-order chi connectivity index (χ1) is 12.7. The highest BCUT2D eigenvalue weighted by Gasteiger charge is 2.22. The second kappa shape index (κ2) is 8.81. The van der Waals surface area contributed by atoms with Gasteiger partial charge in [-0.25, -0.2) is 14.9 Å². The molecule has 26 heavy (non-hydrogen) atoms. The van der Waals surface area contributed by atoms with E-state index in [1.807, 2.05) is 30.3 Å². The third-order valence-electron chi connectivity index (χ3n) is 3.97. The van der Waals surface area contributed by atoms with Gasteiger partial charge in [-0.1, -0.05) is 42.1 Å². The molecule has 0 fully saturated rings. The van der Waals surface area contributed by atoms with Crippen LogP contribution in [-0.2, 0) is 16.1 Å². The lowest BCUT2D eigenvalue weighted by molar-refractivity contribution is -0.127. The van der Waals surface area contributed by atoms with Gasteiger partial charge in [-0.3, -0.25) is 9.36 Å². The molecule has 1 aliphatic heterocycles. The number of ether oxygens (including phenoxy) is 1. The Balaban J connectivity index is 1.58. The Morgan fingerprint density at radius 1 is 1.35 bits per heavy atom. The summed E-state index contributed by atoms with van der Waals surface area (Å²) in [6.45, 7) is 1.63. The summed E-state index contributed by atoms with van der Waals surface area (Å²) in [5.74, 6) is 0.0833. The van der Waals surface area contributed by atoms with E-state index in [4.69, 9.17) is 4.74 Å². The van der Waals surface area contributed by atoms with E-state index >= 15 is 0 Å². The largest absolute Gasteiger partial charge is 0.385 e. The third kappa shape index (κ3) is 4.41. The highest BCUT2D eigenvalue weighted by Crippen LogP contribution is 2.18. The van der Waals surface area contributed by atoms with Crippen molar-refractivity contribution in [3.8, 4) is 0 Å². The van der Waals surface area contributed by atoms with Crippen molar-refractivity contribution < 1.29 is 9.53 Å². The lowest BCUT2D eigenvalue weighted by Crippen LogP contribution is -2.25. The average molecular weight is 375 g/mol. The molecular formula is C17H21N5O3S. The smallest absolute Gasteiger partial charge is 0.343 e. The number of thioether (sulfide) groups is 1. The molecule has 1 aliphatic rings. The van der Waals surface area contributed by atoms with Gasteiger partial charge in [0, 0.05) is 26.7 Å². The number of H-pyrrole nitrogens is 1. The molecule has 0 saturated carbocycles. The zero-order valence-electron chi connectivity index (χ0n) is 14.6. The molecule has 0 unspecified atom stereocenters.